The molecule has 2 rings (SSSR count). The predicted molar refractivity (Wildman–Crippen MR) is 77.0 cm³/mol. The van der Waals surface area contributed by atoms with E-state index >= 15 is 0 Å². The van der Waals surface area contributed by atoms with E-state index in [4.69, 9.17) is 4.43 Å². The largest absolute Gasteiger partial charge is 0.408 e. The molecule has 0 amide bonds. The lowest BCUT2D eigenvalue weighted by atomic mass is 9.90. The molecule has 3 heteroatoms. The van der Waals surface area contributed by atoms with Crippen LogP contribution in [0.4, 0.5) is 0 Å². The van der Waals surface area contributed by atoms with Crippen molar-refractivity contribution in [1.29, 1.82) is 0 Å². The summed E-state index contributed by atoms with van der Waals surface area (Å²) in [7, 11) is -1.61. The molecular weight excluding hydrogens is 240 g/mol. The molecule has 0 aromatic rings. The average molecular weight is 264 g/mol. The van der Waals surface area contributed by atoms with Gasteiger partial charge in [0.25, 0.3) is 0 Å². The highest BCUT2D eigenvalue weighted by molar-refractivity contribution is 6.69. The quantitative estimate of drug-likeness (QED) is 0.557. The van der Waals surface area contributed by atoms with E-state index in [-0.39, 0.29) is 11.4 Å². The summed E-state index contributed by atoms with van der Waals surface area (Å²) in [6.07, 6.45) is 8.67. The van der Waals surface area contributed by atoms with Crippen LogP contribution in [-0.4, -0.2) is 19.7 Å². The number of hydrogen-bond donors (Lipinski definition) is 0. The summed E-state index contributed by atoms with van der Waals surface area (Å²) >= 11 is 0. The molecule has 2 aliphatic rings. The summed E-state index contributed by atoms with van der Waals surface area (Å²) in [5.74, 6) is 0.746. The number of carbonyl (C=O) groups excluding carboxylic acids is 1. The summed E-state index contributed by atoms with van der Waals surface area (Å²) in [5.41, 5.74) is 1.13. The van der Waals surface area contributed by atoms with Crippen molar-refractivity contribution in [3.05, 3.63) is 24.3 Å². The van der Waals surface area contributed by atoms with Crippen molar-refractivity contribution in [1.82, 2.24) is 0 Å². The fourth-order valence-corrected chi connectivity index (χ4v) is 4.86. The third kappa shape index (κ3) is 2.67. The second-order valence-corrected chi connectivity index (χ2v) is 11.0. The molecule has 2 aliphatic carbocycles. The zero-order valence-electron chi connectivity index (χ0n) is 11.8. The van der Waals surface area contributed by atoms with Gasteiger partial charge in [0.15, 0.2) is 14.1 Å². The molecular formula is C15H24O2Si. The van der Waals surface area contributed by atoms with Crippen LogP contribution in [0.1, 0.15) is 32.1 Å². The normalized spacial score (nSPS) is 31.4. The van der Waals surface area contributed by atoms with Gasteiger partial charge < -0.3 is 4.43 Å². The van der Waals surface area contributed by atoms with Crippen molar-refractivity contribution in [3.8, 4) is 0 Å². The second-order valence-electron chi connectivity index (χ2n) is 6.54. The SMILES string of the molecule is C=CCC[C@]1(O[Si](C)(C)C)CC[C@@H]2CC(=O)C=C21. The van der Waals surface area contributed by atoms with E-state index in [2.05, 4.69) is 26.2 Å². The maximum Gasteiger partial charge on any atom is 0.184 e. The molecule has 0 radical (unpaired) electrons. The van der Waals surface area contributed by atoms with Gasteiger partial charge in [0, 0.05) is 6.42 Å². The molecule has 0 aromatic carbocycles. The highest BCUT2D eigenvalue weighted by Crippen LogP contribution is 2.50. The summed E-state index contributed by atoms with van der Waals surface area (Å²) in [6.45, 7) is 10.5. The zero-order chi connectivity index (χ0) is 13.4. The van der Waals surface area contributed by atoms with Crippen LogP contribution in [0.25, 0.3) is 0 Å². The van der Waals surface area contributed by atoms with Crippen molar-refractivity contribution in [2.45, 2.75) is 57.3 Å². The van der Waals surface area contributed by atoms with Crippen LogP contribution < -0.4 is 0 Å². The van der Waals surface area contributed by atoms with Crippen LogP contribution in [0.15, 0.2) is 24.3 Å². The predicted octanol–water partition coefficient (Wildman–Crippen LogP) is 3.85. The molecule has 0 bridgehead atoms. The van der Waals surface area contributed by atoms with Crippen LogP contribution in [-0.2, 0) is 9.22 Å². The topological polar surface area (TPSA) is 26.3 Å². The van der Waals surface area contributed by atoms with Gasteiger partial charge in [-0.15, -0.1) is 6.58 Å². The molecule has 100 valence electrons. The van der Waals surface area contributed by atoms with Crippen LogP contribution >= 0.6 is 0 Å². The molecule has 0 aromatic heterocycles. The summed E-state index contributed by atoms with van der Waals surface area (Å²) < 4.78 is 6.52. The maximum absolute atomic E-state index is 11.6. The summed E-state index contributed by atoms with van der Waals surface area (Å²) in [4.78, 5) is 11.6. The monoisotopic (exact) mass is 264 g/mol. The molecule has 0 saturated heterocycles. The van der Waals surface area contributed by atoms with Crippen LogP contribution in [0.5, 0.6) is 0 Å². The van der Waals surface area contributed by atoms with E-state index in [0.717, 1.165) is 25.7 Å². The van der Waals surface area contributed by atoms with E-state index in [0.29, 0.717) is 12.3 Å². The number of ketones is 1. The number of allylic oxidation sites excluding steroid dienone is 2. The van der Waals surface area contributed by atoms with Crippen LogP contribution in [0, 0.1) is 5.92 Å². The first-order chi connectivity index (χ1) is 8.36. The fraction of sp³-hybridized carbons (Fsp3) is 0.667. The van der Waals surface area contributed by atoms with Gasteiger partial charge in [0.1, 0.15) is 0 Å². The molecule has 1 fully saturated rings. The van der Waals surface area contributed by atoms with Crippen molar-refractivity contribution >= 4 is 14.1 Å². The minimum atomic E-state index is -1.61. The Balaban J connectivity index is 2.28. The third-order valence-electron chi connectivity index (χ3n) is 3.88. The molecule has 0 N–H and O–H groups in total. The van der Waals surface area contributed by atoms with Crippen LogP contribution in [0.3, 0.4) is 0 Å². The highest BCUT2D eigenvalue weighted by Gasteiger charge is 2.49. The molecule has 0 heterocycles. The van der Waals surface area contributed by atoms with Crippen molar-refractivity contribution < 1.29 is 9.22 Å². The molecule has 2 atom stereocenters. The van der Waals surface area contributed by atoms with Gasteiger partial charge in [-0.2, -0.15) is 0 Å². The van der Waals surface area contributed by atoms with Crippen molar-refractivity contribution in [2.24, 2.45) is 5.92 Å². The molecule has 18 heavy (non-hydrogen) atoms. The Labute approximate surface area is 111 Å². The third-order valence-corrected chi connectivity index (χ3v) is 4.88. The minimum Gasteiger partial charge on any atom is -0.408 e. The summed E-state index contributed by atoms with van der Waals surface area (Å²) in [6, 6.07) is 0. The van der Waals surface area contributed by atoms with E-state index < -0.39 is 8.32 Å². The first-order valence-corrected chi connectivity index (χ1v) is 10.3. The molecule has 2 nitrogen and oxygen atoms in total. The van der Waals surface area contributed by atoms with Crippen LogP contribution in [0.2, 0.25) is 19.6 Å². The Morgan fingerprint density at radius 1 is 1.56 bits per heavy atom. The van der Waals surface area contributed by atoms with Gasteiger partial charge in [0.2, 0.25) is 0 Å². The number of rotatable bonds is 5. The van der Waals surface area contributed by atoms with E-state index in [1.807, 2.05) is 12.2 Å². The molecule has 0 unspecified atom stereocenters. The van der Waals surface area contributed by atoms with E-state index in [1.165, 1.54) is 5.57 Å². The lowest BCUT2D eigenvalue weighted by Gasteiger charge is -2.37. The summed E-state index contributed by atoms with van der Waals surface area (Å²) in [5, 5.41) is 0. The molecule has 0 spiro atoms. The first kappa shape index (κ1) is 13.8. The van der Waals surface area contributed by atoms with Crippen molar-refractivity contribution in [3.63, 3.8) is 0 Å². The van der Waals surface area contributed by atoms with Gasteiger partial charge >= 0.3 is 0 Å². The highest BCUT2D eigenvalue weighted by atomic mass is 28.4. The number of hydrogen-bond acceptors (Lipinski definition) is 2. The van der Waals surface area contributed by atoms with E-state index in [1.54, 1.807) is 0 Å². The minimum absolute atomic E-state index is 0.157. The lowest BCUT2D eigenvalue weighted by Crippen LogP contribution is -2.42. The second kappa shape index (κ2) is 4.78. The number of fused-ring (bicyclic) bond motifs is 1. The van der Waals surface area contributed by atoms with Gasteiger partial charge in [-0.1, -0.05) is 6.08 Å². The Morgan fingerprint density at radius 3 is 2.89 bits per heavy atom. The maximum atomic E-state index is 11.6. The number of carbonyl (C=O) groups is 1. The van der Waals surface area contributed by atoms with Gasteiger partial charge in [0.05, 0.1) is 5.60 Å². The first-order valence-electron chi connectivity index (χ1n) is 6.92. The Hall–Kier alpha value is -0.673. The zero-order valence-corrected chi connectivity index (χ0v) is 12.8. The smallest absolute Gasteiger partial charge is 0.184 e. The van der Waals surface area contributed by atoms with Gasteiger partial charge in [-0.05, 0) is 62.9 Å². The molecule has 0 aliphatic heterocycles. The Morgan fingerprint density at radius 2 is 2.28 bits per heavy atom. The fourth-order valence-electron chi connectivity index (χ4n) is 3.37. The van der Waals surface area contributed by atoms with Crippen molar-refractivity contribution in [2.75, 3.05) is 0 Å². The molecule has 1 saturated carbocycles. The van der Waals surface area contributed by atoms with E-state index in [9.17, 15) is 4.79 Å². The van der Waals surface area contributed by atoms with Gasteiger partial charge in [-0.25, -0.2) is 0 Å². The standard InChI is InChI=1S/C15H24O2Si/c1-5-6-8-15(17-18(2,3)4)9-7-12-10-13(16)11-14(12)15/h5,11-12H,1,6-10H2,2-4H3/t12-,15+/m1/s1. The Kier molecular flexibility index (Phi) is 3.65. The Bertz CT molecular complexity index is 392. The average Bonchev–Trinajstić information content (AvgIpc) is 2.74. The van der Waals surface area contributed by atoms with Gasteiger partial charge in [-0.3, -0.25) is 4.79 Å². The lowest BCUT2D eigenvalue weighted by molar-refractivity contribution is -0.114.